The van der Waals surface area contributed by atoms with Gasteiger partial charge >= 0.3 is 0 Å². The predicted molar refractivity (Wildman–Crippen MR) is 65.6 cm³/mol. The number of nitro groups is 1. The number of nitro benzene ring substituents is 1. The van der Waals surface area contributed by atoms with Gasteiger partial charge < -0.3 is 15.5 Å². The van der Waals surface area contributed by atoms with Crippen LogP contribution in [0.5, 0.6) is 0 Å². The molecular weight excluding hydrogens is 292 g/mol. The van der Waals surface area contributed by atoms with E-state index in [1.165, 1.54) is 12.1 Å². The third-order valence-corrected chi connectivity index (χ3v) is 3.01. The number of hydrogen-bond donors (Lipinski definition) is 3. The van der Waals surface area contributed by atoms with Crippen molar-refractivity contribution in [2.24, 2.45) is 0 Å². The molecule has 1 aromatic carbocycles. The Kier molecular flexibility index (Phi) is 5.49. The van der Waals surface area contributed by atoms with Gasteiger partial charge in [-0.1, -0.05) is 15.9 Å². The molecule has 0 atom stereocenters. The van der Waals surface area contributed by atoms with Crippen molar-refractivity contribution in [3.63, 3.8) is 0 Å². The average molecular weight is 305 g/mol. The van der Waals surface area contributed by atoms with E-state index in [1.807, 2.05) is 0 Å². The van der Waals surface area contributed by atoms with Crippen molar-refractivity contribution in [3.8, 4) is 0 Å². The molecule has 1 aromatic rings. The van der Waals surface area contributed by atoms with Crippen molar-refractivity contribution in [3.05, 3.63) is 38.3 Å². The minimum Gasteiger partial charge on any atom is -0.395 e. The summed E-state index contributed by atoms with van der Waals surface area (Å²) in [4.78, 5) is 10.1. The van der Waals surface area contributed by atoms with Crippen LogP contribution in [0.1, 0.15) is 5.56 Å². The Labute approximate surface area is 107 Å². The summed E-state index contributed by atoms with van der Waals surface area (Å²) in [5, 5.41) is 31.2. The zero-order chi connectivity index (χ0) is 12.8. The molecule has 94 valence electrons. The first-order valence-electron chi connectivity index (χ1n) is 4.96. The summed E-state index contributed by atoms with van der Waals surface area (Å²) in [5.74, 6) is 0. The van der Waals surface area contributed by atoms with Gasteiger partial charge in [-0.05, 0) is 11.6 Å². The molecule has 0 saturated carbocycles. The van der Waals surface area contributed by atoms with Crippen LogP contribution in [-0.4, -0.2) is 34.4 Å². The van der Waals surface area contributed by atoms with Gasteiger partial charge in [-0.2, -0.15) is 0 Å². The van der Waals surface area contributed by atoms with Crippen LogP contribution in [0, 0.1) is 10.1 Å². The van der Waals surface area contributed by atoms with Crippen molar-refractivity contribution in [1.82, 2.24) is 5.32 Å². The summed E-state index contributed by atoms with van der Waals surface area (Å²) >= 11 is 3.24. The molecule has 0 fully saturated rings. The topological polar surface area (TPSA) is 95.6 Å². The molecule has 0 radical (unpaired) electrons. The summed E-state index contributed by atoms with van der Waals surface area (Å²) in [6.07, 6.45) is 0. The summed E-state index contributed by atoms with van der Waals surface area (Å²) < 4.78 is 0.619. The lowest BCUT2D eigenvalue weighted by Gasteiger charge is -2.13. The van der Waals surface area contributed by atoms with Crippen molar-refractivity contribution in [2.75, 3.05) is 13.2 Å². The van der Waals surface area contributed by atoms with E-state index in [9.17, 15) is 10.1 Å². The quantitative estimate of drug-likeness (QED) is 0.534. The van der Waals surface area contributed by atoms with Gasteiger partial charge in [0.15, 0.2) is 0 Å². The zero-order valence-corrected chi connectivity index (χ0v) is 10.6. The van der Waals surface area contributed by atoms with Gasteiger partial charge in [-0.15, -0.1) is 0 Å². The lowest BCUT2D eigenvalue weighted by Crippen LogP contribution is -2.35. The lowest BCUT2D eigenvalue weighted by molar-refractivity contribution is -0.384. The van der Waals surface area contributed by atoms with Crippen molar-refractivity contribution in [2.45, 2.75) is 12.6 Å². The Hall–Kier alpha value is -1.02. The van der Waals surface area contributed by atoms with E-state index in [0.717, 1.165) is 5.56 Å². The predicted octanol–water partition coefficient (Wildman–Crippen LogP) is 0.800. The highest BCUT2D eigenvalue weighted by Crippen LogP contribution is 2.22. The first-order chi connectivity index (χ1) is 8.08. The fourth-order valence-electron chi connectivity index (χ4n) is 1.23. The molecule has 0 heterocycles. The maximum absolute atomic E-state index is 10.5. The number of aliphatic hydroxyl groups excluding tert-OH is 2. The molecular formula is C10H13BrN2O4. The van der Waals surface area contributed by atoms with E-state index in [2.05, 4.69) is 21.2 Å². The van der Waals surface area contributed by atoms with Gasteiger partial charge in [-0.3, -0.25) is 10.1 Å². The summed E-state index contributed by atoms with van der Waals surface area (Å²) in [6.45, 7) is 0.0760. The monoisotopic (exact) mass is 304 g/mol. The minimum absolute atomic E-state index is 0.0153. The zero-order valence-electron chi connectivity index (χ0n) is 8.97. The fourth-order valence-corrected chi connectivity index (χ4v) is 1.74. The van der Waals surface area contributed by atoms with Gasteiger partial charge in [0.2, 0.25) is 0 Å². The number of aliphatic hydroxyl groups is 2. The second kappa shape index (κ2) is 6.65. The molecule has 7 heteroatoms. The maximum Gasteiger partial charge on any atom is 0.270 e. The Morgan fingerprint density at radius 2 is 2.06 bits per heavy atom. The number of non-ortho nitro benzene ring substituents is 1. The SMILES string of the molecule is O=[N+]([O-])c1ccc(CNC(CO)CO)c(Br)c1. The summed E-state index contributed by atoms with van der Waals surface area (Å²) in [6, 6.07) is 4.07. The molecule has 17 heavy (non-hydrogen) atoms. The molecule has 1 rings (SSSR count). The Balaban J connectivity index is 2.69. The largest absolute Gasteiger partial charge is 0.395 e. The van der Waals surface area contributed by atoms with E-state index in [1.54, 1.807) is 6.07 Å². The standard InChI is InChI=1S/C10H13BrN2O4/c11-10-3-9(13(16)17)2-1-7(10)4-12-8(5-14)6-15/h1-3,8,12,14-15H,4-6H2. The molecule has 0 aliphatic carbocycles. The number of nitrogens with zero attached hydrogens (tertiary/aromatic N) is 1. The van der Waals surface area contributed by atoms with Crippen LogP contribution in [0.15, 0.2) is 22.7 Å². The summed E-state index contributed by atoms with van der Waals surface area (Å²) in [7, 11) is 0. The van der Waals surface area contributed by atoms with Crippen LogP contribution >= 0.6 is 15.9 Å². The molecule has 3 N–H and O–H groups in total. The molecule has 6 nitrogen and oxygen atoms in total. The maximum atomic E-state index is 10.5. The normalized spacial score (nSPS) is 10.8. The number of halogens is 1. The van der Waals surface area contributed by atoms with E-state index < -0.39 is 11.0 Å². The van der Waals surface area contributed by atoms with Crippen molar-refractivity contribution in [1.29, 1.82) is 0 Å². The average Bonchev–Trinajstić information content (AvgIpc) is 2.31. The van der Waals surface area contributed by atoms with Gasteiger partial charge in [0.25, 0.3) is 5.69 Å². The van der Waals surface area contributed by atoms with Crippen LogP contribution in [0.3, 0.4) is 0 Å². The Morgan fingerprint density at radius 1 is 1.41 bits per heavy atom. The molecule has 0 saturated heterocycles. The molecule has 0 aliphatic heterocycles. The van der Waals surface area contributed by atoms with E-state index in [0.29, 0.717) is 11.0 Å². The number of rotatable bonds is 6. The highest BCUT2D eigenvalue weighted by Gasteiger charge is 2.10. The minimum atomic E-state index is -0.466. The number of benzene rings is 1. The Morgan fingerprint density at radius 3 is 2.53 bits per heavy atom. The third kappa shape index (κ3) is 4.04. The molecule has 0 unspecified atom stereocenters. The first-order valence-corrected chi connectivity index (χ1v) is 5.75. The second-order valence-electron chi connectivity index (χ2n) is 3.48. The van der Waals surface area contributed by atoms with Gasteiger partial charge in [0, 0.05) is 23.2 Å². The van der Waals surface area contributed by atoms with Crippen LogP contribution < -0.4 is 5.32 Å². The third-order valence-electron chi connectivity index (χ3n) is 2.27. The van der Waals surface area contributed by atoms with Crippen molar-refractivity contribution < 1.29 is 15.1 Å². The Bertz CT molecular complexity index is 396. The van der Waals surface area contributed by atoms with E-state index >= 15 is 0 Å². The van der Waals surface area contributed by atoms with Gasteiger partial charge in [0.1, 0.15) is 0 Å². The van der Waals surface area contributed by atoms with E-state index in [4.69, 9.17) is 10.2 Å². The number of hydrogen-bond acceptors (Lipinski definition) is 5. The fraction of sp³-hybridized carbons (Fsp3) is 0.400. The smallest absolute Gasteiger partial charge is 0.270 e. The van der Waals surface area contributed by atoms with Crippen LogP contribution in [-0.2, 0) is 6.54 Å². The van der Waals surface area contributed by atoms with Crippen LogP contribution in [0.2, 0.25) is 0 Å². The molecule has 0 bridgehead atoms. The molecule has 0 spiro atoms. The highest BCUT2D eigenvalue weighted by molar-refractivity contribution is 9.10. The molecule has 0 aromatic heterocycles. The van der Waals surface area contributed by atoms with Crippen molar-refractivity contribution >= 4 is 21.6 Å². The van der Waals surface area contributed by atoms with E-state index in [-0.39, 0.29) is 18.9 Å². The highest BCUT2D eigenvalue weighted by atomic mass is 79.9. The van der Waals surface area contributed by atoms with Crippen LogP contribution in [0.4, 0.5) is 5.69 Å². The number of nitrogens with one attached hydrogen (secondary N) is 1. The first kappa shape index (κ1) is 14.0. The summed E-state index contributed by atoms with van der Waals surface area (Å²) in [5.41, 5.74) is 0.837. The van der Waals surface area contributed by atoms with Crippen LogP contribution in [0.25, 0.3) is 0 Å². The van der Waals surface area contributed by atoms with Gasteiger partial charge in [-0.25, -0.2) is 0 Å². The molecule has 0 aliphatic rings. The molecule has 0 amide bonds. The lowest BCUT2D eigenvalue weighted by atomic mass is 10.2. The second-order valence-corrected chi connectivity index (χ2v) is 4.33. The van der Waals surface area contributed by atoms with Gasteiger partial charge in [0.05, 0.1) is 24.2 Å².